The third-order valence-electron chi connectivity index (χ3n) is 4.70. The van der Waals surface area contributed by atoms with E-state index in [-0.39, 0.29) is 5.91 Å². The highest BCUT2D eigenvalue weighted by Crippen LogP contribution is 2.23. The number of fused-ring (bicyclic) bond motifs is 1. The Balaban J connectivity index is 1.39. The molecular weight excluding hydrogens is 417 g/mol. The van der Waals surface area contributed by atoms with Gasteiger partial charge in [-0.05, 0) is 54.0 Å². The lowest BCUT2D eigenvalue weighted by molar-refractivity contribution is -0.116. The highest BCUT2D eigenvalue weighted by molar-refractivity contribution is 6.42. The van der Waals surface area contributed by atoms with E-state index in [1.807, 2.05) is 42.5 Å². The number of nitrogens with one attached hydrogen (secondary N) is 2. The van der Waals surface area contributed by atoms with Crippen LogP contribution in [-0.4, -0.2) is 15.9 Å². The second kappa shape index (κ2) is 8.74. The summed E-state index contributed by atoms with van der Waals surface area (Å²) in [5.74, 6) is 0.642. The standard InChI is InChI=1S/C24H19Cl2N3O/c1-15-2-10-21-22(12-15)29-24(28-21)18-7-3-16(4-8-18)6-11-23(30)27-14-17-5-9-19(25)20(26)13-17/h2-13H,14H2,1H3,(H,27,30)(H,28,29)/b11-6+. The number of carbonyl (C=O) groups excluding carboxylic acids is 1. The van der Waals surface area contributed by atoms with Gasteiger partial charge in [-0.25, -0.2) is 4.98 Å². The summed E-state index contributed by atoms with van der Waals surface area (Å²) >= 11 is 11.9. The van der Waals surface area contributed by atoms with E-state index in [9.17, 15) is 4.79 Å². The number of hydrogen-bond acceptors (Lipinski definition) is 2. The van der Waals surface area contributed by atoms with Crippen LogP contribution in [0.3, 0.4) is 0 Å². The summed E-state index contributed by atoms with van der Waals surface area (Å²) in [6.45, 7) is 2.44. The van der Waals surface area contributed by atoms with E-state index in [2.05, 4.69) is 28.3 Å². The first kappa shape index (κ1) is 20.2. The zero-order chi connectivity index (χ0) is 21.1. The van der Waals surface area contributed by atoms with Crippen LogP contribution < -0.4 is 5.32 Å². The number of aromatic amines is 1. The lowest BCUT2D eigenvalue weighted by atomic mass is 10.1. The summed E-state index contributed by atoms with van der Waals surface area (Å²) in [7, 11) is 0. The monoisotopic (exact) mass is 435 g/mol. The van der Waals surface area contributed by atoms with Gasteiger partial charge in [-0.15, -0.1) is 0 Å². The highest BCUT2D eigenvalue weighted by atomic mass is 35.5. The van der Waals surface area contributed by atoms with E-state index in [4.69, 9.17) is 23.2 Å². The molecule has 4 aromatic rings. The SMILES string of the molecule is Cc1ccc2nc(-c3ccc(/C=C/C(=O)NCc4ccc(Cl)c(Cl)c4)cc3)[nH]c2c1. The minimum absolute atomic E-state index is 0.183. The molecule has 0 atom stereocenters. The lowest BCUT2D eigenvalue weighted by Crippen LogP contribution is -2.20. The van der Waals surface area contributed by atoms with Crippen molar-refractivity contribution in [2.75, 3.05) is 0 Å². The third kappa shape index (κ3) is 4.73. The molecule has 6 heteroatoms. The molecule has 4 rings (SSSR count). The van der Waals surface area contributed by atoms with Gasteiger partial charge < -0.3 is 10.3 Å². The molecule has 0 spiro atoms. The van der Waals surface area contributed by atoms with E-state index >= 15 is 0 Å². The quantitative estimate of drug-likeness (QED) is 0.368. The van der Waals surface area contributed by atoms with Crippen molar-refractivity contribution in [1.82, 2.24) is 15.3 Å². The maximum absolute atomic E-state index is 12.1. The minimum atomic E-state index is -0.183. The largest absolute Gasteiger partial charge is 0.348 e. The second-order valence-electron chi connectivity index (χ2n) is 7.03. The van der Waals surface area contributed by atoms with Crippen molar-refractivity contribution in [1.29, 1.82) is 0 Å². The first-order chi connectivity index (χ1) is 14.5. The Hall–Kier alpha value is -3.08. The van der Waals surface area contributed by atoms with Crippen molar-refractivity contribution < 1.29 is 4.79 Å². The van der Waals surface area contributed by atoms with Crippen LogP contribution in [0, 0.1) is 6.92 Å². The van der Waals surface area contributed by atoms with Gasteiger partial charge in [0.2, 0.25) is 5.91 Å². The van der Waals surface area contributed by atoms with Gasteiger partial charge in [0.25, 0.3) is 0 Å². The number of H-pyrrole nitrogens is 1. The fraction of sp³-hybridized carbons (Fsp3) is 0.0833. The Morgan fingerprint density at radius 3 is 2.60 bits per heavy atom. The van der Waals surface area contributed by atoms with Crippen LogP contribution >= 0.6 is 23.2 Å². The molecule has 3 aromatic carbocycles. The van der Waals surface area contributed by atoms with Gasteiger partial charge in [-0.2, -0.15) is 0 Å². The molecule has 0 aliphatic carbocycles. The average Bonchev–Trinajstić information content (AvgIpc) is 3.16. The van der Waals surface area contributed by atoms with Crippen LogP contribution in [0.2, 0.25) is 10.0 Å². The van der Waals surface area contributed by atoms with Crippen molar-refractivity contribution in [3.05, 3.63) is 93.5 Å². The van der Waals surface area contributed by atoms with Crippen molar-refractivity contribution in [2.45, 2.75) is 13.5 Å². The van der Waals surface area contributed by atoms with Gasteiger partial charge in [-0.1, -0.05) is 59.6 Å². The molecule has 1 aromatic heterocycles. The fourth-order valence-corrected chi connectivity index (χ4v) is 3.40. The van der Waals surface area contributed by atoms with E-state index < -0.39 is 0 Å². The molecule has 1 amide bonds. The van der Waals surface area contributed by atoms with E-state index in [1.165, 1.54) is 11.6 Å². The number of rotatable bonds is 5. The van der Waals surface area contributed by atoms with E-state index in [1.54, 1.807) is 18.2 Å². The molecule has 0 unspecified atom stereocenters. The number of benzene rings is 3. The fourth-order valence-electron chi connectivity index (χ4n) is 3.08. The minimum Gasteiger partial charge on any atom is -0.348 e. The van der Waals surface area contributed by atoms with E-state index in [0.717, 1.165) is 33.5 Å². The molecule has 2 N–H and O–H groups in total. The van der Waals surface area contributed by atoms with Crippen molar-refractivity contribution in [3.8, 4) is 11.4 Å². The van der Waals surface area contributed by atoms with Crippen LogP contribution in [0.25, 0.3) is 28.5 Å². The van der Waals surface area contributed by atoms with Crippen molar-refractivity contribution in [3.63, 3.8) is 0 Å². The molecule has 150 valence electrons. The zero-order valence-electron chi connectivity index (χ0n) is 16.2. The molecule has 0 saturated carbocycles. The first-order valence-electron chi connectivity index (χ1n) is 9.44. The molecule has 1 heterocycles. The summed E-state index contributed by atoms with van der Waals surface area (Å²) in [6.07, 6.45) is 3.28. The average molecular weight is 436 g/mol. The predicted molar refractivity (Wildman–Crippen MR) is 124 cm³/mol. The molecule has 4 nitrogen and oxygen atoms in total. The van der Waals surface area contributed by atoms with E-state index in [0.29, 0.717) is 16.6 Å². The number of aromatic nitrogens is 2. The number of halogens is 2. The number of hydrogen-bond donors (Lipinski definition) is 2. The number of imidazole rings is 1. The summed E-state index contributed by atoms with van der Waals surface area (Å²) in [6, 6.07) is 19.3. The second-order valence-corrected chi connectivity index (χ2v) is 7.84. The summed E-state index contributed by atoms with van der Waals surface area (Å²) < 4.78 is 0. The van der Waals surface area contributed by atoms with Crippen LogP contribution in [-0.2, 0) is 11.3 Å². The Bertz CT molecular complexity index is 1240. The smallest absolute Gasteiger partial charge is 0.244 e. The Kier molecular flexibility index (Phi) is 5.88. The first-order valence-corrected chi connectivity index (χ1v) is 10.2. The van der Waals surface area contributed by atoms with Crippen LogP contribution in [0.4, 0.5) is 0 Å². The molecule has 0 aliphatic rings. The van der Waals surface area contributed by atoms with Crippen molar-refractivity contribution in [2.24, 2.45) is 0 Å². The third-order valence-corrected chi connectivity index (χ3v) is 5.44. The molecular formula is C24H19Cl2N3O. The van der Waals surface area contributed by atoms with Gasteiger partial charge in [0.15, 0.2) is 0 Å². The molecule has 30 heavy (non-hydrogen) atoms. The summed E-state index contributed by atoms with van der Waals surface area (Å²) in [4.78, 5) is 20.1. The van der Waals surface area contributed by atoms with Crippen molar-refractivity contribution >= 4 is 46.2 Å². The number of nitrogens with zero attached hydrogens (tertiary/aromatic N) is 1. The van der Waals surface area contributed by atoms with Gasteiger partial charge in [0.05, 0.1) is 21.1 Å². The molecule has 0 bridgehead atoms. The maximum Gasteiger partial charge on any atom is 0.244 e. The van der Waals surface area contributed by atoms with Gasteiger partial charge in [0.1, 0.15) is 5.82 Å². The van der Waals surface area contributed by atoms with Gasteiger partial charge in [-0.3, -0.25) is 4.79 Å². The predicted octanol–water partition coefficient (Wildman–Crippen LogP) is 6.17. The Morgan fingerprint density at radius 1 is 1.03 bits per heavy atom. The Labute approximate surface area is 184 Å². The van der Waals surface area contributed by atoms with Gasteiger partial charge in [0, 0.05) is 18.2 Å². The van der Waals surface area contributed by atoms with Crippen LogP contribution in [0.15, 0.2) is 66.7 Å². The molecule has 0 aliphatic heterocycles. The number of carbonyl (C=O) groups is 1. The zero-order valence-corrected chi connectivity index (χ0v) is 17.8. The lowest BCUT2D eigenvalue weighted by Gasteiger charge is -2.04. The van der Waals surface area contributed by atoms with Crippen LogP contribution in [0.1, 0.15) is 16.7 Å². The topological polar surface area (TPSA) is 57.8 Å². The number of aryl methyl sites for hydroxylation is 1. The molecule has 0 radical (unpaired) electrons. The van der Waals surface area contributed by atoms with Gasteiger partial charge >= 0.3 is 0 Å². The summed E-state index contributed by atoms with van der Waals surface area (Å²) in [5, 5.41) is 3.79. The number of amides is 1. The Morgan fingerprint density at radius 2 is 1.83 bits per heavy atom. The van der Waals surface area contributed by atoms with Crippen LogP contribution in [0.5, 0.6) is 0 Å². The maximum atomic E-state index is 12.1. The molecule has 0 fully saturated rings. The molecule has 0 saturated heterocycles. The normalized spacial score (nSPS) is 11.3. The highest BCUT2D eigenvalue weighted by Gasteiger charge is 2.05. The summed E-state index contributed by atoms with van der Waals surface area (Å²) in [5.41, 5.74) is 5.96.